The molecule has 2 nitrogen and oxygen atoms in total. The van der Waals surface area contributed by atoms with E-state index in [4.69, 9.17) is 0 Å². The van der Waals surface area contributed by atoms with Gasteiger partial charge < -0.3 is 0 Å². The monoisotopic (exact) mass is 302 g/mol. The summed E-state index contributed by atoms with van der Waals surface area (Å²) in [4.78, 5) is 5.11. The lowest BCUT2D eigenvalue weighted by Crippen LogP contribution is -2.35. The molecule has 1 heterocycles. The van der Waals surface area contributed by atoms with Gasteiger partial charge in [0.25, 0.3) is 0 Å². The molecule has 1 aliphatic rings. The van der Waals surface area contributed by atoms with Crippen molar-refractivity contribution < 1.29 is 0 Å². The van der Waals surface area contributed by atoms with Crippen LogP contribution in [0.2, 0.25) is 0 Å². The fraction of sp³-hybridized carbons (Fsp3) is 0.333. The Kier molecular flexibility index (Phi) is 5.80. The summed E-state index contributed by atoms with van der Waals surface area (Å²) in [5.74, 6) is 0. The lowest BCUT2D eigenvalue weighted by molar-refractivity contribution is 0.142. The zero-order chi connectivity index (χ0) is 13.8. The van der Waals surface area contributed by atoms with Crippen molar-refractivity contribution in [1.29, 1.82) is 0 Å². The Hall–Kier alpha value is -1.35. The van der Waals surface area contributed by atoms with E-state index >= 15 is 0 Å². The molecule has 0 saturated carbocycles. The highest BCUT2D eigenvalue weighted by molar-refractivity contribution is 5.85. The van der Waals surface area contributed by atoms with E-state index in [-0.39, 0.29) is 12.4 Å². The van der Waals surface area contributed by atoms with E-state index < -0.39 is 0 Å². The number of rotatable bonds is 4. The summed E-state index contributed by atoms with van der Waals surface area (Å²) < 4.78 is 0. The van der Waals surface area contributed by atoms with Crippen molar-refractivity contribution in [3.05, 3.63) is 71.8 Å². The van der Waals surface area contributed by atoms with E-state index in [1.165, 1.54) is 11.1 Å². The highest BCUT2D eigenvalue weighted by atomic mass is 35.5. The molecule has 0 spiro atoms. The minimum atomic E-state index is 0. The van der Waals surface area contributed by atoms with Gasteiger partial charge in [-0.1, -0.05) is 60.7 Å². The van der Waals surface area contributed by atoms with Crippen LogP contribution in [-0.4, -0.2) is 29.1 Å². The van der Waals surface area contributed by atoms with E-state index in [1.54, 1.807) is 0 Å². The minimum absolute atomic E-state index is 0. The molecule has 2 aromatic carbocycles. The Morgan fingerprint density at radius 2 is 1.14 bits per heavy atom. The second kappa shape index (κ2) is 7.60. The van der Waals surface area contributed by atoms with Crippen LogP contribution in [0.1, 0.15) is 18.1 Å². The first-order valence-electron chi connectivity index (χ1n) is 7.39. The third-order valence-electron chi connectivity index (χ3n) is 4.19. The fourth-order valence-electron chi connectivity index (χ4n) is 2.92. The Labute approximate surface area is 133 Å². The van der Waals surface area contributed by atoms with Crippen molar-refractivity contribution in [3.63, 3.8) is 0 Å². The summed E-state index contributed by atoms with van der Waals surface area (Å²) in [6.07, 6.45) is 0.510. The molecule has 3 rings (SSSR count). The van der Waals surface area contributed by atoms with Crippen LogP contribution in [0, 0.1) is 0 Å². The molecule has 1 fully saturated rings. The fourth-order valence-corrected chi connectivity index (χ4v) is 2.92. The quantitative estimate of drug-likeness (QED) is 0.848. The van der Waals surface area contributed by atoms with Gasteiger partial charge in [-0.25, -0.2) is 0 Å². The van der Waals surface area contributed by atoms with Crippen LogP contribution < -0.4 is 0 Å². The lowest BCUT2D eigenvalue weighted by atomic mass is 10.2. The summed E-state index contributed by atoms with van der Waals surface area (Å²) >= 11 is 0. The van der Waals surface area contributed by atoms with Gasteiger partial charge in [-0.3, -0.25) is 9.80 Å². The Morgan fingerprint density at radius 3 is 1.52 bits per heavy atom. The van der Waals surface area contributed by atoms with Crippen molar-refractivity contribution in [2.24, 2.45) is 0 Å². The summed E-state index contributed by atoms with van der Waals surface area (Å²) in [5.41, 5.74) is 2.81. The first kappa shape index (κ1) is 16.0. The molecule has 1 aliphatic heterocycles. The standard InChI is InChI=1S/C18H22N2.ClH/c1-16-19(14-17-8-4-2-5-9-17)12-13-20(16)15-18-10-6-3-7-11-18;/h2-11,16H,12-15H2,1H3;1H. The molecule has 1 saturated heterocycles. The largest absolute Gasteiger partial charge is 0.283 e. The van der Waals surface area contributed by atoms with Crippen molar-refractivity contribution in [2.45, 2.75) is 26.2 Å². The number of hydrogen-bond acceptors (Lipinski definition) is 2. The maximum atomic E-state index is 2.55. The highest BCUT2D eigenvalue weighted by Crippen LogP contribution is 2.19. The van der Waals surface area contributed by atoms with Crippen LogP contribution in [0.4, 0.5) is 0 Å². The molecule has 0 radical (unpaired) electrons. The van der Waals surface area contributed by atoms with Gasteiger partial charge in [0.15, 0.2) is 0 Å². The first-order chi connectivity index (χ1) is 9.83. The average molecular weight is 303 g/mol. The van der Waals surface area contributed by atoms with E-state index in [2.05, 4.69) is 77.4 Å². The van der Waals surface area contributed by atoms with E-state index in [0.717, 1.165) is 26.2 Å². The molecule has 3 heteroatoms. The third-order valence-corrected chi connectivity index (χ3v) is 4.19. The molecule has 0 aliphatic carbocycles. The van der Waals surface area contributed by atoms with E-state index in [1.807, 2.05) is 0 Å². The maximum Gasteiger partial charge on any atom is 0.0600 e. The number of nitrogens with zero attached hydrogens (tertiary/aromatic N) is 2. The van der Waals surface area contributed by atoms with Crippen molar-refractivity contribution >= 4 is 12.4 Å². The molecule has 112 valence electrons. The van der Waals surface area contributed by atoms with Gasteiger partial charge >= 0.3 is 0 Å². The molecule has 0 bridgehead atoms. The summed E-state index contributed by atoms with van der Waals surface area (Å²) in [6, 6.07) is 21.5. The molecule has 2 aromatic rings. The van der Waals surface area contributed by atoms with Gasteiger partial charge in [0, 0.05) is 26.2 Å². The molecule has 21 heavy (non-hydrogen) atoms. The van der Waals surface area contributed by atoms with Gasteiger partial charge in [0.2, 0.25) is 0 Å². The van der Waals surface area contributed by atoms with E-state index in [0.29, 0.717) is 6.17 Å². The maximum absolute atomic E-state index is 2.55. The van der Waals surface area contributed by atoms with Crippen molar-refractivity contribution in [1.82, 2.24) is 9.80 Å². The number of halogens is 1. The van der Waals surface area contributed by atoms with Gasteiger partial charge in [-0.15, -0.1) is 12.4 Å². The summed E-state index contributed by atoms with van der Waals surface area (Å²) in [7, 11) is 0. The first-order valence-corrected chi connectivity index (χ1v) is 7.39. The second-order valence-electron chi connectivity index (χ2n) is 5.54. The molecule has 0 aromatic heterocycles. The van der Waals surface area contributed by atoms with Gasteiger partial charge in [0.05, 0.1) is 6.17 Å². The van der Waals surface area contributed by atoms with Crippen LogP contribution >= 0.6 is 12.4 Å². The number of hydrogen-bond donors (Lipinski definition) is 0. The predicted molar refractivity (Wildman–Crippen MR) is 90.4 cm³/mol. The minimum Gasteiger partial charge on any atom is -0.283 e. The normalized spacial score (nSPS) is 16.8. The van der Waals surface area contributed by atoms with Crippen molar-refractivity contribution in [3.8, 4) is 0 Å². The van der Waals surface area contributed by atoms with E-state index in [9.17, 15) is 0 Å². The van der Waals surface area contributed by atoms with Gasteiger partial charge in [0.1, 0.15) is 0 Å². The molecule has 0 unspecified atom stereocenters. The average Bonchev–Trinajstić information content (AvgIpc) is 2.83. The summed E-state index contributed by atoms with van der Waals surface area (Å²) in [6.45, 7) is 6.73. The topological polar surface area (TPSA) is 6.48 Å². The molecular formula is C18H23ClN2. The van der Waals surface area contributed by atoms with Crippen LogP contribution in [0.15, 0.2) is 60.7 Å². The highest BCUT2D eigenvalue weighted by Gasteiger charge is 2.27. The predicted octanol–water partition coefficient (Wildman–Crippen LogP) is 3.77. The molecule has 0 N–H and O–H groups in total. The second-order valence-corrected chi connectivity index (χ2v) is 5.54. The smallest absolute Gasteiger partial charge is 0.0600 e. The Balaban J connectivity index is 0.00000161. The summed E-state index contributed by atoms with van der Waals surface area (Å²) in [5, 5.41) is 0. The van der Waals surface area contributed by atoms with Crippen LogP contribution in [0.5, 0.6) is 0 Å². The van der Waals surface area contributed by atoms with Gasteiger partial charge in [-0.2, -0.15) is 0 Å². The lowest BCUT2D eigenvalue weighted by Gasteiger charge is -2.27. The van der Waals surface area contributed by atoms with Crippen LogP contribution in [0.25, 0.3) is 0 Å². The molecule has 0 atom stereocenters. The molecule has 0 amide bonds. The SMILES string of the molecule is CC1N(Cc2ccccc2)CCN1Cc1ccccc1.Cl. The molecular weight excluding hydrogens is 280 g/mol. The number of benzene rings is 2. The van der Waals surface area contributed by atoms with Crippen molar-refractivity contribution in [2.75, 3.05) is 13.1 Å². The van der Waals surface area contributed by atoms with Crippen LogP contribution in [0.3, 0.4) is 0 Å². The van der Waals surface area contributed by atoms with Gasteiger partial charge in [-0.05, 0) is 18.1 Å². The Morgan fingerprint density at radius 1 is 0.762 bits per heavy atom. The third kappa shape index (κ3) is 4.07. The zero-order valence-corrected chi connectivity index (χ0v) is 13.3. The van der Waals surface area contributed by atoms with Crippen LogP contribution in [-0.2, 0) is 13.1 Å². The Bertz CT molecular complexity index is 480. The zero-order valence-electron chi connectivity index (χ0n) is 12.5.